The van der Waals surface area contributed by atoms with Crippen LogP contribution in [0.5, 0.6) is 0 Å². The van der Waals surface area contributed by atoms with Gasteiger partial charge in [0.1, 0.15) is 0 Å². The van der Waals surface area contributed by atoms with Crippen molar-refractivity contribution < 1.29 is 18.0 Å². The molecule has 1 aromatic carbocycles. The molecule has 9 heteroatoms. The highest BCUT2D eigenvalue weighted by atomic mass is 79.9. The second kappa shape index (κ2) is 9.43. The Hall–Kier alpha value is -2.07. The summed E-state index contributed by atoms with van der Waals surface area (Å²) in [6.45, 7) is 2.77. The summed E-state index contributed by atoms with van der Waals surface area (Å²) in [6, 6.07) is 10.5. The molecule has 2 aromatic rings. The van der Waals surface area contributed by atoms with Crippen LogP contribution < -0.4 is 0 Å². The van der Waals surface area contributed by atoms with Crippen molar-refractivity contribution in [2.45, 2.75) is 24.6 Å². The number of benzene rings is 1. The smallest absolute Gasteiger partial charge is 0.253 e. The van der Waals surface area contributed by atoms with Crippen LogP contribution >= 0.6 is 27.3 Å². The lowest BCUT2D eigenvalue weighted by Gasteiger charge is -2.40. The van der Waals surface area contributed by atoms with Crippen LogP contribution in [-0.4, -0.2) is 60.2 Å². The van der Waals surface area contributed by atoms with Crippen molar-refractivity contribution >= 4 is 49.0 Å². The molecule has 168 valence electrons. The lowest BCUT2D eigenvalue weighted by molar-refractivity contribution is 0.0641. The van der Waals surface area contributed by atoms with Crippen molar-refractivity contribution in [3.63, 3.8) is 0 Å². The van der Waals surface area contributed by atoms with Crippen molar-refractivity contribution in [1.82, 2.24) is 9.21 Å². The predicted octanol–water partition coefficient (Wildman–Crippen LogP) is 4.12. The van der Waals surface area contributed by atoms with Gasteiger partial charge in [0.25, 0.3) is 5.91 Å². The summed E-state index contributed by atoms with van der Waals surface area (Å²) in [7, 11) is -3.61. The van der Waals surface area contributed by atoms with Crippen LogP contribution in [0.4, 0.5) is 0 Å². The minimum Gasteiger partial charge on any atom is -0.336 e. The van der Waals surface area contributed by atoms with E-state index >= 15 is 0 Å². The molecular formula is C23H23BrN2O4S2. The van der Waals surface area contributed by atoms with E-state index in [0.717, 1.165) is 4.47 Å². The van der Waals surface area contributed by atoms with Crippen molar-refractivity contribution in [2.24, 2.45) is 0 Å². The van der Waals surface area contributed by atoms with Gasteiger partial charge in [-0.15, -0.1) is 11.3 Å². The number of allylic oxidation sites excluding steroid dienone is 3. The van der Waals surface area contributed by atoms with Gasteiger partial charge in [0, 0.05) is 46.7 Å². The van der Waals surface area contributed by atoms with Crippen LogP contribution in [0, 0.1) is 0 Å². The van der Waals surface area contributed by atoms with Crippen LogP contribution in [0.1, 0.15) is 33.4 Å². The monoisotopic (exact) mass is 534 g/mol. The molecule has 1 aliphatic carbocycles. The van der Waals surface area contributed by atoms with Gasteiger partial charge in [0.2, 0.25) is 15.8 Å². The van der Waals surface area contributed by atoms with Gasteiger partial charge in [0.15, 0.2) is 0 Å². The van der Waals surface area contributed by atoms with E-state index in [0.29, 0.717) is 29.1 Å². The summed E-state index contributed by atoms with van der Waals surface area (Å²) in [5, 5.41) is 1.13. The standard InChI is InChI=1S/C23H23BrN2O4S2/c1-16-14-25(23(28)18-5-3-2-4-6-18)11-12-26(16)32(29,30)20-9-7-17(8-10-20)22(27)21-13-19(24)15-31-21/h2-9,13,15-16,20H,10-12,14H2,1H3. The van der Waals surface area contributed by atoms with Crippen LogP contribution in [0.25, 0.3) is 0 Å². The number of sulfonamides is 1. The zero-order chi connectivity index (χ0) is 22.9. The van der Waals surface area contributed by atoms with E-state index in [2.05, 4.69) is 15.9 Å². The summed E-state index contributed by atoms with van der Waals surface area (Å²) >= 11 is 4.70. The second-order valence-electron chi connectivity index (χ2n) is 7.87. The van der Waals surface area contributed by atoms with E-state index < -0.39 is 15.3 Å². The maximum Gasteiger partial charge on any atom is 0.253 e. The number of carbonyl (C=O) groups is 2. The van der Waals surface area contributed by atoms with Gasteiger partial charge in [0.05, 0.1) is 10.1 Å². The molecular weight excluding hydrogens is 512 g/mol. The minimum absolute atomic E-state index is 0.0849. The minimum atomic E-state index is -3.61. The van der Waals surface area contributed by atoms with Crippen LogP contribution in [-0.2, 0) is 10.0 Å². The first-order valence-electron chi connectivity index (χ1n) is 10.3. The fourth-order valence-corrected chi connectivity index (χ4v) is 7.26. The number of ketones is 1. The average molecular weight is 535 g/mol. The number of halogens is 1. The molecule has 0 N–H and O–H groups in total. The van der Waals surface area contributed by atoms with Crippen molar-refractivity contribution in [1.29, 1.82) is 0 Å². The molecule has 1 saturated heterocycles. The Balaban J connectivity index is 1.41. The lowest BCUT2D eigenvalue weighted by Crippen LogP contribution is -2.57. The Bertz CT molecular complexity index is 1190. The molecule has 1 aromatic heterocycles. The summed E-state index contributed by atoms with van der Waals surface area (Å²) < 4.78 is 28.9. The molecule has 0 spiro atoms. The summed E-state index contributed by atoms with van der Waals surface area (Å²) in [5.41, 5.74) is 1.11. The van der Waals surface area contributed by atoms with E-state index in [1.54, 1.807) is 41.3 Å². The van der Waals surface area contributed by atoms with E-state index in [1.807, 2.05) is 30.5 Å². The topological polar surface area (TPSA) is 74.8 Å². The Kier molecular flexibility index (Phi) is 6.80. The van der Waals surface area contributed by atoms with E-state index in [9.17, 15) is 18.0 Å². The number of hydrogen-bond donors (Lipinski definition) is 0. The molecule has 0 radical (unpaired) electrons. The first kappa shape index (κ1) is 23.1. The number of Topliss-reactive ketones (excluding diaryl/α,β-unsaturated/α-hetero) is 1. The van der Waals surface area contributed by atoms with Gasteiger partial charge in [-0.25, -0.2) is 8.42 Å². The molecule has 1 amide bonds. The number of piperazine rings is 1. The molecule has 2 heterocycles. The maximum absolute atomic E-state index is 13.3. The van der Waals surface area contributed by atoms with Crippen LogP contribution in [0.3, 0.4) is 0 Å². The average Bonchev–Trinajstić information content (AvgIpc) is 3.24. The number of amides is 1. The largest absolute Gasteiger partial charge is 0.336 e. The van der Waals surface area contributed by atoms with E-state index in [4.69, 9.17) is 0 Å². The molecule has 32 heavy (non-hydrogen) atoms. The van der Waals surface area contributed by atoms with Crippen LogP contribution in [0.2, 0.25) is 0 Å². The Labute approximate surface area is 200 Å². The zero-order valence-corrected chi connectivity index (χ0v) is 20.7. The van der Waals surface area contributed by atoms with E-state index in [1.165, 1.54) is 15.6 Å². The van der Waals surface area contributed by atoms with Gasteiger partial charge in [-0.05, 0) is 47.5 Å². The zero-order valence-electron chi connectivity index (χ0n) is 17.5. The van der Waals surface area contributed by atoms with Crippen molar-refractivity contribution in [3.05, 3.63) is 80.5 Å². The second-order valence-corrected chi connectivity index (χ2v) is 11.8. The molecule has 2 unspecified atom stereocenters. The fraction of sp³-hybridized carbons (Fsp3) is 0.304. The number of nitrogens with zero attached hydrogens (tertiary/aromatic N) is 2. The summed E-state index contributed by atoms with van der Waals surface area (Å²) in [6.07, 6.45) is 5.18. The van der Waals surface area contributed by atoms with Crippen molar-refractivity contribution in [2.75, 3.05) is 19.6 Å². The molecule has 6 nitrogen and oxygen atoms in total. The third-order valence-corrected chi connectivity index (χ3v) is 9.70. The molecule has 4 rings (SSSR count). The summed E-state index contributed by atoms with van der Waals surface area (Å²) in [4.78, 5) is 27.7. The fourth-order valence-electron chi connectivity index (χ4n) is 4.01. The Morgan fingerprint density at radius 2 is 1.91 bits per heavy atom. The molecule has 0 saturated carbocycles. The normalized spacial score (nSPS) is 21.9. The summed E-state index contributed by atoms with van der Waals surface area (Å²) in [5.74, 6) is -0.187. The number of carbonyl (C=O) groups excluding carboxylic acids is 2. The highest BCUT2D eigenvalue weighted by Gasteiger charge is 2.38. The quantitative estimate of drug-likeness (QED) is 0.540. The Morgan fingerprint density at radius 1 is 1.16 bits per heavy atom. The first-order chi connectivity index (χ1) is 15.3. The molecule has 2 atom stereocenters. The van der Waals surface area contributed by atoms with Crippen molar-refractivity contribution in [3.8, 4) is 0 Å². The lowest BCUT2D eigenvalue weighted by atomic mass is 10.0. The molecule has 2 aliphatic rings. The van der Waals surface area contributed by atoms with Gasteiger partial charge < -0.3 is 4.90 Å². The third kappa shape index (κ3) is 4.66. The number of rotatable bonds is 5. The first-order valence-corrected chi connectivity index (χ1v) is 13.5. The molecule has 1 aliphatic heterocycles. The maximum atomic E-state index is 13.3. The number of thiophene rings is 1. The predicted molar refractivity (Wildman–Crippen MR) is 129 cm³/mol. The highest BCUT2D eigenvalue weighted by Crippen LogP contribution is 2.28. The Morgan fingerprint density at radius 3 is 2.50 bits per heavy atom. The number of hydrogen-bond acceptors (Lipinski definition) is 5. The van der Waals surface area contributed by atoms with E-state index in [-0.39, 0.29) is 30.7 Å². The third-order valence-electron chi connectivity index (χ3n) is 5.70. The molecule has 1 fully saturated rings. The van der Waals surface area contributed by atoms with Gasteiger partial charge >= 0.3 is 0 Å². The van der Waals surface area contributed by atoms with Gasteiger partial charge in [-0.1, -0.05) is 36.4 Å². The SMILES string of the molecule is CC1CN(C(=O)c2ccccc2)CCN1S(=O)(=O)C1C=CC(C(=O)c2cc(Br)cs2)=CC1. The van der Waals surface area contributed by atoms with Gasteiger partial charge in [-0.2, -0.15) is 4.31 Å². The highest BCUT2D eigenvalue weighted by molar-refractivity contribution is 9.10. The van der Waals surface area contributed by atoms with Gasteiger partial charge in [-0.3, -0.25) is 9.59 Å². The molecule has 0 bridgehead atoms. The van der Waals surface area contributed by atoms with Crippen LogP contribution in [0.15, 0.2) is 70.1 Å².